The van der Waals surface area contributed by atoms with Gasteiger partial charge in [-0.3, -0.25) is 14.5 Å². The van der Waals surface area contributed by atoms with Crippen LogP contribution >= 0.6 is 0 Å². The molecule has 1 atom stereocenters. The summed E-state index contributed by atoms with van der Waals surface area (Å²) in [6.45, 7) is 12.0. The van der Waals surface area contributed by atoms with E-state index in [4.69, 9.17) is 10.5 Å². The molecule has 0 radical (unpaired) electrons. The van der Waals surface area contributed by atoms with Crippen molar-refractivity contribution in [3.8, 4) is 0 Å². The van der Waals surface area contributed by atoms with Crippen molar-refractivity contribution < 1.29 is 19.1 Å². The first-order chi connectivity index (χ1) is 17.9. The quantitative estimate of drug-likeness (QED) is 0.545. The van der Waals surface area contributed by atoms with Crippen molar-refractivity contribution in [3.05, 3.63) is 81.8 Å². The second-order valence-electron chi connectivity index (χ2n) is 11.6. The van der Waals surface area contributed by atoms with E-state index in [-0.39, 0.29) is 35.6 Å². The maximum Gasteiger partial charge on any atom is 0.339 e. The number of anilines is 2. The summed E-state index contributed by atoms with van der Waals surface area (Å²) in [5, 5.41) is 2.94. The summed E-state index contributed by atoms with van der Waals surface area (Å²) < 4.78 is 5.51. The van der Waals surface area contributed by atoms with Gasteiger partial charge in [-0.05, 0) is 55.4 Å². The second kappa shape index (κ2) is 8.86. The molecule has 5 rings (SSSR count). The highest BCUT2D eigenvalue weighted by Gasteiger charge is 2.63. The van der Waals surface area contributed by atoms with Gasteiger partial charge in [0.15, 0.2) is 5.78 Å². The van der Waals surface area contributed by atoms with Crippen LogP contribution in [0.5, 0.6) is 0 Å². The third kappa shape index (κ3) is 3.67. The average molecular weight is 514 g/mol. The molecule has 7 heteroatoms. The normalized spacial score (nSPS) is 22.1. The number of aryl methyl sites for hydroxylation is 1. The van der Waals surface area contributed by atoms with Crippen molar-refractivity contribution in [2.24, 2.45) is 11.1 Å². The first-order valence-corrected chi connectivity index (χ1v) is 13.2. The van der Waals surface area contributed by atoms with Gasteiger partial charge >= 0.3 is 5.97 Å². The van der Waals surface area contributed by atoms with Crippen LogP contribution in [0.2, 0.25) is 0 Å². The molecule has 0 bridgehead atoms. The summed E-state index contributed by atoms with van der Waals surface area (Å²) >= 11 is 0. The maximum absolute atomic E-state index is 14.1. The molecular formula is C31H35N3O4. The SMILES string of the molecule is CCOC(=O)C1=C(N)N(c2ccc(C(C)C)cc2)C2=C(C(=O)CC(C)(C)C2)C12C(=O)Nc1ccc(C)cc12. The maximum atomic E-state index is 14.1. The highest BCUT2D eigenvalue weighted by Crippen LogP contribution is 2.57. The zero-order valence-corrected chi connectivity index (χ0v) is 22.9. The third-order valence-electron chi connectivity index (χ3n) is 7.83. The number of ether oxygens (including phenoxy) is 1. The zero-order valence-electron chi connectivity index (χ0n) is 22.9. The van der Waals surface area contributed by atoms with E-state index in [0.29, 0.717) is 34.9 Å². The highest BCUT2D eigenvalue weighted by atomic mass is 16.5. The number of amides is 1. The van der Waals surface area contributed by atoms with E-state index >= 15 is 0 Å². The molecule has 0 aromatic heterocycles. The minimum absolute atomic E-state index is 0.0130. The van der Waals surface area contributed by atoms with Crippen molar-refractivity contribution in [1.82, 2.24) is 0 Å². The summed E-state index contributed by atoms with van der Waals surface area (Å²) in [5.74, 6) is -0.890. The molecule has 2 aromatic carbocycles. The standard InChI is InChI=1S/C31H35N3O4/c1-7-38-28(36)26-27(32)34(20-11-9-19(10-12-20)17(2)3)23-15-30(5,6)16-24(35)25(23)31(26)21-14-18(4)8-13-22(21)33-29(31)37/h8-14,17H,7,15-16,32H2,1-6H3,(H,33,37). The molecule has 1 spiro atoms. The van der Waals surface area contributed by atoms with Crippen LogP contribution in [-0.2, 0) is 24.5 Å². The van der Waals surface area contributed by atoms with E-state index in [0.717, 1.165) is 16.8 Å². The van der Waals surface area contributed by atoms with Gasteiger partial charge in [-0.25, -0.2) is 4.79 Å². The number of rotatable bonds is 4. The van der Waals surface area contributed by atoms with Crippen LogP contribution in [0.25, 0.3) is 0 Å². The number of nitrogens with one attached hydrogen (secondary N) is 1. The lowest BCUT2D eigenvalue weighted by atomic mass is 9.60. The molecule has 38 heavy (non-hydrogen) atoms. The Morgan fingerprint density at radius 1 is 1.11 bits per heavy atom. The Morgan fingerprint density at radius 2 is 1.79 bits per heavy atom. The first-order valence-electron chi connectivity index (χ1n) is 13.2. The predicted molar refractivity (Wildman–Crippen MR) is 147 cm³/mol. The van der Waals surface area contributed by atoms with E-state index in [1.807, 2.05) is 63.2 Å². The molecule has 7 nitrogen and oxygen atoms in total. The van der Waals surface area contributed by atoms with Crippen molar-refractivity contribution >= 4 is 29.0 Å². The van der Waals surface area contributed by atoms with Crippen LogP contribution in [0.4, 0.5) is 11.4 Å². The Morgan fingerprint density at radius 3 is 2.42 bits per heavy atom. The van der Waals surface area contributed by atoms with Gasteiger partial charge in [-0.2, -0.15) is 0 Å². The zero-order chi connectivity index (χ0) is 27.6. The van der Waals surface area contributed by atoms with Gasteiger partial charge in [-0.15, -0.1) is 0 Å². The number of fused-ring (bicyclic) bond motifs is 3. The number of hydrogen-bond acceptors (Lipinski definition) is 6. The number of carbonyl (C=O) groups excluding carboxylic acids is 3. The topological polar surface area (TPSA) is 102 Å². The molecule has 0 saturated heterocycles. The van der Waals surface area contributed by atoms with Gasteiger partial charge in [0.25, 0.3) is 0 Å². The molecule has 3 aliphatic rings. The van der Waals surface area contributed by atoms with Gasteiger partial charge < -0.3 is 15.8 Å². The molecule has 3 N–H and O–H groups in total. The molecule has 1 aliphatic carbocycles. The average Bonchev–Trinajstić information content (AvgIpc) is 3.10. The lowest BCUT2D eigenvalue weighted by Gasteiger charge is -2.47. The Balaban J connectivity index is 1.89. The van der Waals surface area contributed by atoms with E-state index in [2.05, 4.69) is 19.2 Å². The fourth-order valence-electron chi connectivity index (χ4n) is 6.16. The van der Waals surface area contributed by atoms with Gasteiger partial charge in [0, 0.05) is 34.6 Å². The number of esters is 1. The monoisotopic (exact) mass is 513 g/mol. The highest BCUT2D eigenvalue weighted by molar-refractivity contribution is 6.23. The Hall–Kier alpha value is -3.87. The Bertz CT molecular complexity index is 1430. The van der Waals surface area contributed by atoms with Crippen LogP contribution in [-0.4, -0.2) is 24.3 Å². The minimum Gasteiger partial charge on any atom is -0.462 e. The lowest BCUT2D eigenvalue weighted by Crippen LogP contribution is -2.54. The molecule has 1 amide bonds. The first kappa shape index (κ1) is 25.8. The predicted octanol–water partition coefficient (Wildman–Crippen LogP) is 5.21. The molecule has 0 fully saturated rings. The summed E-state index contributed by atoms with van der Waals surface area (Å²) in [5.41, 5.74) is 9.73. The van der Waals surface area contributed by atoms with E-state index in [1.54, 1.807) is 11.8 Å². The summed E-state index contributed by atoms with van der Waals surface area (Å²) in [6.07, 6.45) is 0.755. The van der Waals surface area contributed by atoms with Gasteiger partial charge in [0.2, 0.25) is 5.91 Å². The largest absolute Gasteiger partial charge is 0.462 e. The smallest absolute Gasteiger partial charge is 0.339 e. The summed E-state index contributed by atoms with van der Waals surface area (Å²) in [4.78, 5) is 43.7. The molecule has 2 aliphatic heterocycles. The van der Waals surface area contributed by atoms with Crippen LogP contribution in [0.3, 0.4) is 0 Å². The van der Waals surface area contributed by atoms with E-state index < -0.39 is 17.3 Å². The Kier molecular flexibility index (Phi) is 6.01. The minimum atomic E-state index is -1.69. The van der Waals surface area contributed by atoms with Crippen molar-refractivity contribution in [3.63, 3.8) is 0 Å². The van der Waals surface area contributed by atoms with Gasteiger partial charge in [0.1, 0.15) is 16.8 Å². The molecule has 198 valence electrons. The number of benzene rings is 2. The fourth-order valence-corrected chi connectivity index (χ4v) is 6.16. The van der Waals surface area contributed by atoms with Crippen LogP contribution < -0.4 is 16.0 Å². The van der Waals surface area contributed by atoms with Crippen molar-refractivity contribution in [1.29, 1.82) is 0 Å². The third-order valence-corrected chi connectivity index (χ3v) is 7.83. The number of Topliss-reactive ketones (excluding diaryl/α,β-unsaturated/α-hetero) is 1. The second-order valence-corrected chi connectivity index (χ2v) is 11.6. The lowest BCUT2D eigenvalue weighted by molar-refractivity contribution is -0.140. The van der Waals surface area contributed by atoms with Gasteiger partial charge in [0.05, 0.1) is 6.61 Å². The number of allylic oxidation sites excluding steroid dienone is 1. The van der Waals surface area contributed by atoms with Crippen molar-refractivity contribution in [2.75, 3.05) is 16.8 Å². The van der Waals surface area contributed by atoms with Crippen LogP contribution in [0.1, 0.15) is 70.1 Å². The van der Waals surface area contributed by atoms with Crippen LogP contribution in [0.15, 0.2) is 65.1 Å². The van der Waals surface area contributed by atoms with Crippen LogP contribution in [0, 0.1) is 12.3 Å². The number of ketones is 1. The summed E-state index contributed by atoms with van der Waals surface area (Å²) in [7, 11) is 0. The fraction of sp³-hybridized carbons (Fsp3) is 0.387. The van der Waals surface area contributed by atoms with E-state index in [9.17, 15) is 14.4 Å². The molecule has 2 heterocycles. The number of carbonyl (C=O) groups is 3. The van der Waals surface area contributed by atoms with E-state index in [1.165, 1.54) is 0 Å². The number of hydrogen-bond donors (Lipinski definition) is 2. The molecule has 0 saturated carbocycles. The molecular weight excluding hydrogens is 478 g/mol. The van der Waals surface area contributed by atoms with Crippen molar-refractivity contribution in [2.45, 2.75) is 65.7 Å². The summed E-state index contributed by atoms with van der Waals surface area (Å²) in [6, 6.07) is 13.5. The van der Waals surface area contributed by atoms with Gasteiger partial charge in [-0.1, -0.05) is 57.5 Å². The number of nitrogens with zero attached hydrogens (tertiary/aromatic N) is 1. The molecule has 2 aromatic rings. The number of nitrogens with two attached hydrogens (primary N) is 1. The molecule has 1 unspecified atom stereocenters. The Labute approximate surface area is 223 Å².